The fourth-order valence-corrected chi connectivity index (χ4v) is 2.13. The van der Waals surface area contributed by atoms with Crippen molar-refractivity contribution in [3.63, 3.8) is 0 Å². The van der Waals surface area contributed by atoms with E-state index in [2.05, 4.69) is 4.98 Å². The molecule has 0 atom stereocenters. The molecule has 3 nitrogen and oxygen atoms in total. The van der Waals surface area contributed by atoms with E-state index in [1.54, 1.807) is 6.20 Å². The summed E-state index contributed by atoms with van der Waals surface area (Å²) in [5.74, 6) is 0.811. The molecule has 1 heterocycles. The van der Waals surface area contributed by atoms with Crippen LogP contribution in [0, 0.1) is 0 Å². The van der Waals surface area contributed by atoms with E-state index in [0.717, 1.165) is 27.8 Å². The Labute approximate surface area is 118 Å². The molecule has 1 aromatic heterocycles. The van der Waals surface area contributed by atoms with Crippen molar-refractivity contribution < 1.29 is 4.74 Å². The molecule has 0 bridgehead atoms. The Kier molecular flexibility index (Phi) is 3.61. The van der Waals surface area contributed by atoms with E-state index in [9.17, 15) is 0 Å². The molecule has 20 heavy (non-hydrogen) atoms. The lowest BCUT2D eigenvalue weighted by atomic mass is 10.1. The molecule has 0 saturated heterocycles. The minimum Gasteiger partial charge on any atom is -0.487 e. The quantitative estimate of drug-likeness (QED) is 0.786. The van der Waals surface area contributed by atoms with Crippen molar-refractivity contribution in [3.05, 3.63) is 71.9 Å². The first-order valence-corrected chi connectivity index (χ1v) is 6.61. The average Bonchev–Trinajstić information content (AvgIpc) is 2.53. The van der Waals surface area contributed by atoms with Gasteiger partial charge in [-0.05, 0) is 23.3 Å². The first-order valence-electron chi connectivity index (χ1n) is 6.61. The van der Waals surface area contributed by atoms with E-state index in [4.69, 9.17) is 10.5 Å². The number of benzene rings is 2. The summed E-state index contributed by atoms with van der Waals surface area (Å²) in [6.45, 7) is 1.09. The summed E-state index contributed by atoms with van der Waals surface area (Å²) >= 11 is 0. The molecule has 0 saturated carbocycles. The van der Waals surface area contributed by atoms with E-state index >= 15 is 0 Å². The van der Waals surface area contributed by atoms with Crippen LogP contribution in [-0.2, 0) is 13.2 Å². The molecule has 0 spiro atoms. The summed E-state index contributed by atoms with van der Waals surface area (Å²) in [6.07, 6.45) is 1.78. The van der Waals surface area contributed by atoms with Crippen LogP contribution in [0.1, 0.15) is 11.1 Å². The molecule has 0 radical (unpaired) electrons. The minimum atomic E-state index is 0.528. The van der Waals surface area contributed by atoms with E-state index < -0.39 is 0 Å². The third-order valence-electron chi connectivity index (χ3n) is 3.25. The summed E-state index contributed by atoms with van der Waals surface area (Å²) in [7, 11) is 0. The van der Waals surface area contributed by atoms with E-state index in [-0.39, 0.29) is 0 Å². The maximum Gasteiger partial charge on any atom is 0.146 e. The van der Waals surface area contributed by atoms with Crippen molar-refractivity contribution in [2.75, 3.05) is 0 Å². The van der Waals surface area contributed by atoms with Gasteiger partial charge in [0.1, 0.15) is 17.9 Å². The summed E-state index contributed by atoms with van der Waals surface area (Å²) < 4.78 is 5.89. The monoisotopic (exact) mass is 264 g/mol. The normalized spacial score (nSPS) is 10.7. The van der Waals surface area contributed by atoms with Crippen LogP contribution in [0.2, 0.25) is 0 Å². The van der Waals surface area contributed by atoms with Crippen LogP contribution < -0.4 is 10.5 Å². The van der Waals surface area contributed by atoms with Gasteiger partial charge in [-0.25, -0.2) is 0 Å². The summed E-state index contributed by atoms with van der Waals surface area (Å²) in [4.78, 5) is 4.38. The highest BCUT2D eigenvalue weighted by Crippen LogP contribution is 2.23. The van der Waals surface area contributed by atoms with Gasteiger partial charge >= 0.3 is 0 Å². The third-order valence-corrected chi connectivity index (χ3v) is 3.25. The van der Waals surface area contributed by atoms with Crippen LogP contribution in [0.15, 0.2) is 60.8 Å². The molecule has 3 heteroatoms. The SMILES string of the molecule is NCc1ccc(COc2cccc3cccnc23)cc1. The topological polar surface area (TPSA) is 48.1 Å². The van der Waals surface area contributed by atoms with Gasteiger partial charge in [-0.15, -0.1) is 0 Å². The average molecular weight is 264 g/mol. The lowest BCUT2D eigenvalue weighted by molar-refractivity contribution is 0.309. The molecule has 0 amide bonds. The molecule has 0 aliphatic heterocycles. The van der Waals surface area contributed by atoms with Crippen LogP contribution in [0.5, 0.6) is 5.75 Å². The Morgan fingerprint density at radius 2 is 1.65 bits per heavy atom. The highest BCUT2D eigenvalue weighted by atomic mass is 16.5. The Balaban J connectivity index is 1.79. The van der Waals surface area contributed by atoms with Gasteiger partial charge < -0.3 is 10.5 Å². The van der Waals surface area contributed by atoms with Crippen LogP contribution in [0.4, 0.5) is 0 Å². The van der Waals surface area contributed by atoms with Crippen molar-refractivity contribution in [1.29, 1.82) is 0 Å². The number of pyridine rings is 1. The zero-order valence-electron chi connectivity index (χ0n) is 11.1. The van der Waals surface area contributed by atoms with Crippen LogP contribution in [-0.4, -0.2) is 4.98 Å². The second-order valence-corrected chi connectivity index (χ2v) is 4.64. The molecule has 3 rings (SSSR count). The largest absolute Gasteiger partial charge is 0.487 e. The van der Waals surface area contributed by atoms with Crippen LogP contribution in [0.25, 0.3) is 10.9 Å². The standard InChI is InChI=1S/C17H16N2O/c18-11-13-6-8-14(9-7-13)12-20-16-5-1-3-15-4-2-10-19-17(15)16/h1-10H,11-12,18H2. The lowest BCUT2D eigenvalue weighted by Crippen LogP contribution is -1.99. The van der Waals surface area contributed by atoms with Gasteiger partial charge in [-0.2, -0.15) is 0 Å². The highest BCUT2D eigenvalue weighted by molar-refractivity contribution is 5.84. The van der Waals surface area contributed by atoms with Crippen LogP contribution >= 0.6 is 0 Å². The smallest absolute Gasteiger partial charge is 0.146 e. The minimum absolute atomic E-state index is 0.528. The molecule has 2 N–H and O–H groups in total. The van der Waals surface area contributed by atoms with Gasteiger partial charge in [-0.3, -0.25) is 4.98 Å². The summed E-state index contributed by atoms with van der Waals surface area (Å²) in [5, 5.41) is 1.09. The lowest BCUT2D eigenvalue weighted by Gasteiger charge is -2.09. The Morgan fingerprint density at radius 1 is 0.900 bits per heavy atom. The number of hydrogen-bond donors (Lipinski definition) is 1. The van der Waals surface area contributed by atoms with Gasteiger partial charge in [0, 0.05) is 18.1 Å². The van der Waals surface area contributed by atoms with E-state index in [1.807, 2.05) is 54.6 Å². The molecular weight excluding hydrogens is 248 g/mol. The fraction of sp³-hybridized carbons (Fsp3) is 0.118. The molecular formula is C17H16N2O. The number of aromatic nitrogens is 1. The number of nitrogens with zero attached hydrogens (tertiary/aromatic N) is 1. The van der Waals surface area contributed by atoms with Crippen molar-refractivity contribution in [1.82, 2.24) is 4.98 Å². The first kappa shape index (κ1) is 12.6. The van der Waals surface area contributed by atoms with E-state index in [0.29, 0.717) is 13.2 Å². The Bertz CT molecular complexity index is 702. The van der Waals surface area contributed by atoms with Gasteiger partial charge in [0.15, 0.2) is 0 Å². The Morgan fingerprint density at radius 3 is 2.45 bits per heavy atom. The molecule has 0 aliphatic carbocycles. The van der Waals surface area contributed by atoms with Crippen molar-refractivity contribution in [2.24, 2.45) is 5.73 Å². The van der Waals surface area contributed by atoms with Crippen molar-refractivity contribution in [3.8, 4) is 5.75 Å². The Hall–Kier alpha value is -2.39. The zero-order chi connectivity index (χ0) is 13.8. The number of ether oxygens (including phenoxy) is 1. The van der Waals surface area contributed by atoms with Crippen molar-refractivity contribution in [2.45, 2.75) is 13.2 Å². The zero-order valence-corrected chi connectivity index (χ0v) is 11.1. The molecule has 0 aliphatic rings. The summed E-state index contributed by atoms with van der Waals surface area (Å²) in [5.41, 5.74) is 8.73. The number of para-hydroxylation sites is 1. The predicted octanol–water partition coefficient (Wildman–Crippen LogP) is 3.27. The second kappa shape index (κ2) is 5.72. The molecule has 3 aromatic rings. The van der Waals surface area contributed by atoms with Crippen molar-refractivity contribution >= 4 is 10.9 Å². The van der Waals surface area contributed by atoms with E-state index in [1.165, 1.54) is 0 Å². The number of hydrogen-bond acceptors (Lipinski definition) is 3. The molecule has 0 fully saturated rings. The molecule has 0 unspecified atom stereocenters. The van der Waals surface area contributed by atoms with Crippen LogP contribution in [0.3, 0.4) is 0 Å². The first-order chi connectivity index (χ1) is 9.86. The second-order valence-electron chi connectivity index (χ2n) is 4.64. The van der Waals surface area contributed by atoms with Gasteiger partial charge in [0.05, 0.1) is 0 Å². The molecule has 100 valence electrons. The van der Waals surface area contributed by atoms with Gasteiger partial charge in [0.2, 0.25) is 0 Å². The number of fused-ring (bicyclic) bond motifs is 1. The maximum atomic E-state index is 5.89. The highest BCUT2D eigenvalue weighted by Gasteiger charge is 2.03. The fourth-order valence-electron chi connectivity index (χ4n) is 2.13. The number of rotatable bonds is 4. The number of nitrogens with two attached hydrogens (primary N) is 1. The predicted molar refractivity (Wildman–Crippen MR) is 80.4 cm³/mol. The molecule has 2 aromatic carbocycles. The maximum absolute atomic E-state index is 5.89. The third kappa shape index (κ3) is 2.63. The van der Waals surface area contributed by atoms with Gasteiger partial charge in [0.25, 0.3) is 0 Å². The van der Waals surface area contributed by atoms with Gasteiger partial charge in [-0.1, -0.05) is 42.5 Å². The summed E-state index contributed by atoms with van der Waals surface area (Å²) in [6, 6.07) is 18.1.